The predicted molar refractivity (Wildman–Crippen MR) is 71.1 cm³/mol. The molecule has 5 nitrogen and oxygen atoms in total. The van der Waals surface area contributed by atoms with Gasteiger partial charge in [0, 0.05) is 5.56 Å². The highest BCUT2D eigenvalue weighted by Crippen LogP contribution is 2.21. The lowest BCUT2D eigenvalue weighted by Crippen LogP contribution is -2.13. The van der Waals surface area contributed by atoms with Crippen LogP contribution in [0.3, 0.4) is 0 Å². The summed E-state index contributed by atoms with van der Waals surface area (Å²) in [6.07, 6.45) is 0. The van der Waals surface area contributed by atoms with Gasteiger partial charge in [0.05, 0.1) is 11.2 Å². The van der Waals surface area contributed by atoms with Gasteiger partial charge in [0.25, 0.3) is 5.91 Å². The topological polar surface area (TPSA) is 75.1 Å². The number of H-pyrrole nitrogens is 1. The van der Waals surface area contributed by atoms with Gasteiger partial charge in [-0.3, -0.25) is 9.78 Å². The SMILES string of the molecule is O=C(Nc1ccc(F)c(F)c1F)c1ccc2[nH]c(=O)oc2c1. The van der Waals surface area contributed by atoms with E-state index in [4.69, 9.17) is 4.42 Å². The van der Waals surface area contributed by atoms with Crippen molar-refractivity contribution in [2.45, 2.75) is 0 Å². The van der Waals surface area contributed by atoms with Crippen LogP contribution in [0.1, 0.15) is 10.4 Å². The van der Waals surface area contributed by atoms with Crippen LogP contribution in [-0.2, 0) is 0 Å². The highest BCUT2D eigenvalue weighted by atomic mass is 19.2. The molecule has 1 amide bonds. The van der Waals surface area contributed by atoms with E-state index in [1.807, 2.05) is 0 Å². The van der Waals surface area contributed by atoms with Crippen molar-refractivity contribution in [2.75, 3.05) is 5.32 Å². The monoisotopic (exact) mass is 308 g/mol. The first-order valence-corrected chi connectivity index (χ1v) is 6.03. The average molecular weight is 308 g/mol. The number of rotatable bonds is 2. The molecule has 3 rings (SSSR count). The van der Waals surface area contributed by atoms with Crippen LogP contribution in [0.2, 0.25) is 0 Å². The first kappa shape index (κ1) is 13.9. The molecule has 112 valence electrons. The second kappa shape index (κ2) is 5.06. The van der Waals surface area contributed by atoms with E-state index in [0.717, 1.165) is 6.07 Å². The maximum Gasteiger partial charge on any atom is 0.417 e. The normalized spacial score (nSPS) is 10.9. The summed E-state index contributed by atoms with van der Waals surface area (Å²) in [5.41, 5.74) is 0.0860. The maximum atomic E-state index is 13.5. The maximum absolute atomic E-state index is 13.5. The number of fused-ring (bicyclic) bond motifs is 1. The minimum atomic E-state index is -1.68. The molecule has 2 N–H and O–H groups in total. The molecule has 1 heterocycles. The highest BCUT2D eigenvalue weighted by Gasteiger charge is 2.16. The average Bonchev–Trinajstić information content (AvgIpc) is 2.86. The molecule has 1 aromatic heterocycles. The van der Waals surface area contributed by atoms with Crippen LogP contribution in [-0.4, -0.2) is 10.9 Å². The molecule has 8 heteroatoms. The lowest BCUT2D eigenvalue weighted by molar-refractivity contribution is 0.102. The molecule has 0 unspecified atom stereocenters. The van der Waals surface area contributed by atoms with Crippen molar-refractivity contribution in [1.29, 1.82) is 0 Å². The van der Waals surface area contributed by atoms with Crippen molar-refractivity contribution in [3.8, 4) is 0 Å². The van der Waals surface area contributed by atoms with Crippen LogP contribution in [0.4, 0.5) is 18.9 Å². The summed E-state index contributed by atoms with van der Waals surface area (Å²) in [5, 5.41) is 2.12. The van der Waals surface area contributed by atoms with Crippen LogP contribution in [0, 0.1) is 17.5 Å². The van der Waals surface area contributed by atoms with E-state index in [9.17, 15) is 22.8 Å². The lowest BCUT2D eigenvalue weighted by atomic mass is 10.2. The van der Waals surface area contributed by atoms with Gasteiger partial charge in [-0.25, -0.2) is 18.0 Å². The van der Waals surface area contributed by atoms with Crippen LogP contribution in [0.5, 0.6) is 0 Å². The Labute approximate surface area is 120 Å². The van der Waals surface area contributed by atoms with Crippen LogP contribution < -0.4 is 11.1 Å². The van der Waals surface area contributed by atoms with Gasteiger partial charge in [-0.15, -0.1) is 0 Å². The van der Waals surface area contributed by atoms with Crippen molar-refractivity contribution in [3.63, 3.8) is 0 Å². The number of amides is 1. The van der Waals surface area contributed by atoms with E-state index in [2.05, 4.69) is 10.3 Å². The molecule has 0 saturated heterocycles. The van der Waals surface area contributed by atoms with E-state index in [-0.39, 0.29) is 11.1 Å². The third-order valence-corrected chi connectivity index (χ3v) is 2.97. The highest BCUT2D eigenvalue weighted by molar-refractivity contribution is 6.05. The third-order valence-electron chi connectivity index (χ3n) is 2.97. The number of hydrogen-bond donors (Lipinski definition) is 2. The molecular weight excluding hydrogens is 301 g/mol. The zero-order valence-electron chi connectivity index (χ0n) is 10.7. The van der Waals surface area contributed by atoms with Gasteiger partial charge in [-0.05, 0) is 30.3 Å². The number of aromatic amines is 1. The number of aromatic nitrogens is 1. The second-order valence-corrected chi connectivity index (χ2v) is 4.40. The Bertz CT molecular complexity index is 946. The van der Waals surface area contributed by atoms with E-state index in [1.54, 1.807) is 0 Å². The summed E-state index contributed by atoms with van der Waals surface area (Å²) in [5.74, 6) is -5.98. The Morgan fingerprint density at radius 3 is 2.64 bits per heavy atom. The van der Waals surface area contributed by atoms with Gasteiger partial charge < -0.3 is 9.73 Å². The third kappa shape index (κ3) is 2.34. The molecule has 2 aromatic carbocycles. The first-order chi connectivity index (χ1) is 10.5. The van der Waals surface area contributed by atoms with Crippen molar-refractivity contribution in [1.82, 2.24) is 4.98 Å². The second-order valence-electron chi connectivity index (χ2n) is 4.40. The smallest absolute Gasteiger partial charge is 0.408 e. The van der Waals surface area contributed by atoms with E-state index >= 15 is 0 Å². The summed E-state index contributed by atoms with van der Waals surface area (Å²) < 4.78 is 44.2. The number of oxazole rings is 1. The molecule has 0 aliphatic carbocycles. The molecule has 0 bridgehead atoms. The van der Waals surface area contributed by atoms with Gasteiger partial charge in [-0.1, -0.05) is 0 Å². The molecular formula is C14H7F3N2O3. The Kier molecular flexibility index (Phi) is 3.21. The summed E-state index contributed by atoms with van der Waals surface area (Å²) >= 11 is 0. The first-order valence-electron chi connectivity index (χ1n) is 6.03. The summed E-state index contributed by atoms with van der Waals surface area (Å²) in [6.45, 7) is 0. The van der Waals surface area contributed by atoms with Crippen LogP contribution in [0.25, 0.3) is 11.1 Å². The van der Waals surface area contributed by atoms with Crippen LogP contribution >= 0.6 is 0 Å². The molecule has 0 radical (unpaired) electrons. The lowest BCUT2D eigenvalue weighted by Gasteiger charge is -2.07. The largest absolute Gasteiger partial charge is 0.417 e. The number of halogens is 3. The zero-order valence-corrected chi connectivity index (χ0v) is 10.7. The number of carbonyl (C=O) groups is 1. The molecule has 0 saturated carbocycles. The number of benzene rings is 2. The zero-order chi connectivity index (χ0) is 15.9. The fraction of sp³-hybridized carbons (Fsp3) is 0. The Morgan fingerprint density at radius 1 is 1.09 bits per heavy atom. The number of nitrogens with one attached hydrogen (secondary N) is 2. The quantitative estimate of drug-likeness (QED) is 0.715. The molecule has 22 heavy (non-hydrogen) atoms. The van der Waals surface area contributed by atoms with E-state index in [1.165, 1.54) is 18.2 Å². The Morgan fingerprint density at radius 2 is 1.86 bits per heavy atom. The van der Waals surface area contributed by atoms with E-state index < -0.39 is 34.8 Å². The fourth-order valence-corrected chi connectivity index (χ4v) is 1.90. The molecule has 0 aliphatic heterocycles. The number of hydrogen-bond acceptors (Lipinski definition) is 3. The van der Waals surface area contributed by atoms with Crippen molar-refractivity contribution in [2.24, 2.45) is 0 Å². The molecule has 0 aliphatic rings. The molecule has 0 fully saturated rings. The number of carbonyl (C=O) groups excluding carboxylic acids is 1. The van der Waals surface area contributed by atoms with Gasteiger partial charge >= 0.3 is 5.76 Å². The van der Waals surface area contributed by atoms with Crippen molar-refractivity contribution < 1.29 is 22.4 Å². The molecule has 0 spiro atoms. The molecule has 0 atom stereocenters. The summed E-state index contributed by atoms with van der Waals surface area (Å²) in [4.78, 5) is 25.4. The molecule has 3 aromatic rings. The van der Waals surface area contributed by atoms with Crippen LogP contribution in [0.15, 0.2) is 39.5 Å². The minimum Gasteiger partial charge on any atom is -0.408 e. The summed E-state index contributed by atoms with van der Waals surface area (Å²) in [7, 11) is 0. The Hall–Kier alpha value is -3.03. The minimum absolute atomic E-state index is 0.0550. The van der Waals surface area contributed by atoms with E-state index in [0.29, 0.717) is 11.6 Å². The standard InChI is InChI=1S/C14H7F3N2O3/c15-7-2-4-9(12(17)11(7)16)18-13(20)6-1-3-8-10(5-6)22-14(21)19-8/h1-5H,(H,18,20)(H,19,21). The van der Waals surface area contributed by atoms with Gasteiger partial charge in [0.15, 0.2) is 23.0 Å². The predicted octanol–water partition coefficient (Wildman–Crippen LogP) is 2.79. The Balaban J connectivity index is 1.93. The number of anilines is 1. The summed E-state index contributed by atoms with van der Waals surface area (Å²) in [6, 6.07) is 5.65. The van der Waals surface area contributed by atoms with Crippen molar-refractivity contribution >= 4 is 22.7 Å². The van der Waals surface area contributed by atoms with Gasteiger partial charge in [-0.2, -0.15) is 0 Å². The van der Waals surface area contributed by atoms with Gasteiger partial charge in [0.2, 0.25) is 0 Å². The van der Waals surface area contributed by atoms with Gasteiger partial charge in [0.1, 0.15) is 0 Å². The fourth-order valence-electron chi connectivity index (χ4n) is 1.90. The van der Waals surface area contributed by atoms with Crippen molar-refractivity contribution in [3.05, 3.63) is 63.9 Å².